The Balaban J connectivity index is 2.39. The Morgan fingerprint density at radius 2 is 1.94 bits per heavy atom. The summed E-state index contributed by atoms with van der Waals surface area (Å²) in [6.07, 6.45) is -3.26. The maximum Gasteiger partial charge on any atom is 0.435 e. The van der Waals surface area contributed by atoms with Gasteiger partial charge >= 0.3 is 6.18 Å². The zero-order valence-corrected chi connectivity index (χ0v) is 7.94. The molecular weight excluding hydrogens is 221 g/mol. The Bertz CT molecular complexity index is 505. The molecule has 0 atom stereocenters. The van der Waals surface area contributed by atoms with E-state index in [1.54, 1.807) is 6.07 Å². The van der Waals surface area contributed by atoms with Gasteiger partial charge in [0.15, 0.2) is 5.69 Å². The molecule has 0 unspecified atom stereocenters. The molecule has 0 fully saturated rings. The normalized spacial score (nSPS) is 11.7. The first kappa shape index (κ1) is 10.5. The second-order valence-corrected chi connectivity index (χ2v) is 3.16. The number of hydrogen-bond donors (Lipinski definition) is 1. The summed E-state index contributed by atoms with van der Waals surface area (Å²) in [7, 11) is 0. The van der Waals surface area contributed by atoms with E-state index < -0.39 is 11.9 Å². The Morgan fingerprint density at radius 1 is 1.19 bits per heavy atom. The lowest BCUT2D eigenvalue weighted by Gasteiger charge is -2.03. The maximum atomic E-state index is 12.3. The van der Waals surface area contributed by atoms with Gasteiger partial charge < -0.3 is 5.11 Å². The van der Waals surface area contributed by atoms with Crippen molar-refractivity contribution in [2.24, 2.45) is 0 Å². The summed E-state index contributed by atoms with van der Waals surface area (Å²) >= 11 is 0. The summed E-state index contributed by atoms with van der Waals surface area (Å²) < 4.78 is 37.9. The molecule has 1 aromatic heterocycles. The van der Waals surface area contributed by atoms with Gasteiger partial charge in [-0.3, -0.25) is 0 Å². The molecule has 3 nitrogen and oxygen atoms in total. The molecule has 0 saturated carbocycles. The first-order chi connectivity index (χ1) is 7.47. The highest BCUT2D eigenvalue weighted by atomic mass is 19.4. The first-order valence-corrected chi connectivity index (χ1v) is 4.39. The fourth-order valence-electron chi connectivity index (χ4n) is 1.25. The molecule has 6 heteroatoms. The van der Waals surface area contributed by atoms with E-state index in [4.69, 9.17) is 0 Å². The SMILES string of the molecule is Oc1cccc(-n2ccc(C(F)(F)F)n2)c1. The third-order valence-electron chi connectivity index (χ3n) is 1.97. The molecule has 0 bridgehead atoms. The smallest absolute Gasteiger partial charge is 0.435 e. The fourth-order valence-corrected chi connectivity index (χ4v) is 1.25. The summed E-state index contributed by atoms with van der Waals surface area (Å²) in [6, 6.07) is 6.71. The Kier molecular flexibility index (Phi) is 2.34. The van der Waals surface area contributed by atoms with Gasteiger partial charge in [0, 0.05) is 12.3 Å². The van der Waals surface area contributed by atoms with Crippen LogP contribution in [0.15, 0.2) is 36.5 Å². The van der Waals surface area contributed by atoms with E-state index in [1.165, 1.54) is 24.4 Å². The van der Waals surface area contributed by atoms with Crippen LogP contribution in [0.1, 0.15) is 5.69 Å². The highest BCUT2D eigenvalue weighted by Crippen LogP contribution is 2.28. The Hall–Kier alpha value is -1.98. The number of aromatic nitrogens is 2. The zero-order chi connectivity index (χ0) is 11.8. The molecule has 2 rings (SSSR count). The third-order valence-corrected chi connectivity index (χ3v) is 1.97. The van der Waals surface area contributed by atoms with Crippen molar-refractivity contribution in [2.45, 2.75) is 6.18 Å². The van der Waals surface area contributed by atoms with Crippen LogP contribution in [-0.4, -0.2) is 14.9 Å². The molecule has 84 valence electrons. The lowest BCUT2D eigenvalue weighted by Crippen LogP contribution is -2.07. The van der Waals surface area contributed by atoms with Gasteiger partial charge in [-0.15, -0.1) is 0 Å². The highest BCUT2D eigenvalue weighted by Gasteiger charge is 2.33. The van der Waals surface area contributed by atoms with Crippen molar-refractivity contribution in [3.63, 3.8) is 0 Å². The average Bonchev–Trinajstić information content (AvgIpc) is 2.65. The zero-order valence-electron chi connectivity index (χ0n) is 7.94. The van der Waals surface area contributed by atoms with Crippen molar-refractivity contribution >= 4 is 0 Å². The van der Waals surface area contributed by atoms with Gasteiger partial charge in [-0.25, -0.2) is 4.68 Å². The molecular formula is C10H7F3N2O. The van der Waals surface area contributed by atoms with E-state index in [0.717, 1.165) is 10.7 Å². The van der Waals surface area contributed by atoms with E-state index in [0.29, 0.717) is 5.69 Å². The monoisotopic (exact) mass is 228 g/mol. The van der Waals surface area contributed by atoms with Crippen LogP contribution in [-0.2, 0) is 6.18 Å². The summed E-state index contributed by atoms with van der Waals surface area (Å²) in [5, 5.41) is 12.6. The van der Waals surface area contributed by atoms with Gasteiger partial charge in [0.05, 0.1) is 5.69 Å². The van der Waals surface area contributed by atoms with Crippen LogP contribution in [0, 0.1) is 0 Å². The van der Waals surface area contributed by atoms with Gasteiger partial charge in [-0.1, -0.05) is 6.07 Å². The maximum absolute atomic E-state index is 12.3. The molecule has 1 N–H and O–H groups in total. The van der Waals surface area contributed by atoms with Crippen molar-refractivity contribution < 1.29 is 18.3 Å². The van der Waals surface area contributed by atoms with E-state index >= 15 is 0 Å². The van der Waals surface area contributed by atoms with Crippen molar-refractivity contribution in [1.82, 2.24) is 9.78 Å². The van der Waals surface area contributed by atoms with E-state index in [1.807, 2.05) is 0 Å². The van der Waals surface area contributed by atoms with Crippen LogP contribution in [0.5, 0.6) is 5.75 Å². The minimum absolute atomic E-state index is 0.0263. The first-order valence-electron chi connectivity index (χ1n) is 4.39. The molecule has 1 heterocycles. The number of phenols is 1. The van der Waals surface area contributed by atoms with E-state index in [9.17, 15) is 18.3 Å². The summed E-state index contributed by atoms with van der Waals surface area (Å²) in [5.41, 5.74) is -0.591. The number of halogens is 3. The topological polar surface area (TPSA) is 38.0 Å². The van der Waals surface area contributed by atoms with E-state index in [-0.39, 0.29) is 5.75 Å². The van der Waals surface area contributed by atoms with Crippen LogP contribution in [0.25, 0.3) is 5.69 Å². The number of aromatic hydroxyl groups is 1. The lowest BCUT2D eigenvalue weighted by molar-refractivity contribution is -0.141. The molecule has 0 amide bonds. The quantitative estimate of drug-likeness (QED) is 0.814. The largest absolute Gasteiger partial charge is 0.508 e. The third kappa shape index (κ3) is 2.00. The molecule has 2 aromatic rings. The average molecular weight is 228 g/mol. The highest BCUT2D eigenvalue weighted by molar-refractivity contribution is 5.37. The molecule has 16 heavy (non-hydrogen) atoms. The van der Waals surface area contributed by atoms with Crippen LogP contribution in [0.4, 0.5) is 13.2 Å². The number of rotatable bonds is 1. The Labute approximate surface area is 88.8 Å². The van der Waals surface area contributed by atoms with Crippen molar-refractivity contribution in [3.8, 4) is 11.4 Å². The summed E-state index contributed by atoms with van der Waals surface area (Å²) in [6.45, 7) is 0. The van der Waals surface area contributed by atoms with Crippen LogP contribution in [0.2, 0.25) is 0 Å². The summed E-state index contributed by atoms with van der Waals surface area (Å²) in [4.78, 5) is 0. The second kappa shape index (κ2) is 3.55. The number of nitrogens with zero attached hydrogens (tertiary/aromatic N) is 2. The summed E-state index contributed by atoms with van der Waals surface area (Å²) in [5.74, 6) is -0.0263. The minimum Gasteiger partial charge on any atom is -0.508 e. The molecule has 0 spiro atoms. The molecule has 0 radical (unpaired) electrons. The molecule has 0 aliphatic carbocycles. The van der Waals surface area contributed by atoms with Crippen molar-refractivity contribution in [1.29, 1.82) is 0 Å². The van der Waals surface area contributed by atoms with Crippen LogP contribution < -0.4 is 0 Å². The minimum atomic E-state index is -4.46. The van der Waals surface area contributed by atoms with Crippen molar-refractivity contribution in [3.05, 3.63) is 42.2 Å². The molecule has 0 aliphatic rings. The van der Waals surface area contributed by atoms with Crippen molar-refractivity contribution in [2.75, 3.05) is 0 Å². The molecule has 0 saturated heterocycles. The number of alkyl halides is 3. The number of hydrogen-bond acceptors (Lipinski definition) is 2. The van der Waals surface area contributed by atoms with Gasteiger partial charge in [0.1, 0.15) is 5.75 Å². The lowest BCUT2D eigenvalue weighted by atomic mass is 10.3. The predicted octanol–water partition coefficient (Wildman–Crippen LogP) is 2.60. The number of benzene rings is 1. The standard InChI is InChI=1S/C10H7F3N2O/c11-10(12,13)9-4-5-15(14-9)7-2-1-3-8(16)6-7/h1-6,16H. The van der Waals surface area contributed by atoms with Crippen LogP contribution >= 0.6 is 0 Å². The van der Waals surface area contributed by atoms with Gasteiger partial charge in [0.25, 0.3) is 0 Å². The van der Waals surface area contributed by atoms with Gasteiger partial charge in [0.2, 0.25) is 0 Å². The number of phenolic OH excluding ortho intramolecular Hbond substituents is 1. The predicted molar refractivity (Wildman–Crippen MR) is 50.2 cm³/mol. The molecule has 0 aliphatic heterocycles. The Morgan fingerprint density at radius 3 is 2.50 bits per heavy atom. The van der Waals surface area contributed by atoms with Gasteiger partial charge in [-0.05, 0) is 18.2 Å². The van der Waals surface area contributed by atoms with Gasteiger partial charge in [-0.2, -0.15) is 18.3 Å². The van der Waals surface area contributed by atoms with E-state index in [2.05, 4.69) is 5.10 Å². The van der Waals surface area contributed by atoms with Crippen LogP contribution in [0.3, 0.4) is 0 Å². The fraction of sp³-hybridized carbons (Fsp3) is 0.100. The molecule has 1 aromatic carbocycles. The second-order valence-electron chi connectivity index (χ2n) is 3.16.